The highest BCUT2D eigenvalue weighted by Gasteiger charge is 2.35. The zero-order valence-electron chi connectivity index (χ0n) is 12.3. The third kappa shape index (κ3) is 3.68. The number of carbonyl (C=O) groups excluding carboxylic acids is 1. The smallest absolute Gasteiger partial charge is 0.300 e. The summed E-state index contributed by atoms with van der Waals surface area (Å²) in [7, 11) is 0. The molecule has 0 bridgehead atoms. The van der Waals surface area contributed by atoms with Crippen molar-refractivity contribution < 1.29 is 9.72 Å². The maximum absolute atomic E-state index is 12.7. The fourth-order valence-corrected chi connectivity index (χ4v) is 2.17. The van der Waals surface area contributed by atoms with Crippen LogP contribution in [-0.2, 0) is 0 Å². The molecule has 0 atom stereocenters. The van der Waals surface area contributed by atoms with E-state index in [1.54, 1.807) is 4.90 Å². The molecule has 1 aromatic rings. The molecule has 1 aliphatic rings. The Morgan fingerprint density at radius 3 is 2.76 bits per heavy atom. The minimum absolute atomic E-state index is 0.0307. The molecule has 1 aromatic heterocycles. The molecule has 0 spiro atoms. The van der Waals surface area contributed by atoms with Gasteiger partial charge in [0.25, 0.3) is 11.6 Å². The molecule has 1 aliphatic carbocycles. The van der Waals surface area contributed by atoms with Gasteiger partial charge in [-0.05, 0) is 31.2 Å². The lowest BCUT2D eigenvalue weighted by atomic mass is 10.1. The van der Waals surface area contributed by atoms with Gasteiger partial charge in [-0.3, -0.25) is 14.9 Å². The highest BCUT2D eigenvalue weighted by molar-refractivity contribution is 5.99. The van der Waals surface area contributed by atoms with Crippen LogP contribution in [0.1, 0.15) is 43.5 Å². The summed E-state index contributed by atoms with van der Waals surface area (Å²) in [5.41, 5.74) is 5.32. The lowest BCUT2D eigenvalue weighted by Crippen LogP contribution is -2.35. The highest BCUT2D eigenvalue weighted by Crippen LogP contribution is 2.31. The average molecular weight is 292 g/mol. The van der Waals surface area contributed by atoms with Crippen molar-refractivity contribution in [3.63, 3.8) is 0 Å². The van der Waals surface area contributed by atoms with Crippen molar-refractivity contribution in [2.75, 3.05) is 12.3 Å². The van der Waals surface area contributed by atoms with Crippen molar-refractivity contribution in [2.45, 2.75) is 39.2 Å². The Morgan fingerprint density at radius 2 is 2.24 bits per heavy atom. The number of nitrogens with two attached hydrogens (primary N) is 1. The summed E-state index contributed by atoms with van der Waals surface area (Å²) < 4.78 is 0. The van der Waals surface area contributed by atoms with Crippen molar-refractivity contribution in [3.8, 4) is 0 Å². The first-order valence-electron chi connectivity index (χ1n) is 7.11. The van der Waals surface area contributed by atoms with E-state index in [2.05, 4.69) is 18.8 Å². The van der Waals surface area contributed by atoms with Crippen LogP contribution < -0.4 is 5.73 Å². The van der Waals surface area contributed by atoms with E-state index in [0.717, 1.165) is 25.5 Å². The van der Waals surface area contributed by atoms with E-state index in [-0.39, 0.29) is 29.0 Å². The van der Waals surface area contributed by atoms with Crippen molar-refractivity contribution in [3.05, 3.63) is 27.9 Å². The van der Waals surface area contributed by atoms with Gasteiger partial charge in [0, 0.05) is 12.6 Å². The molecule has 1 fully saturated rings. The predicted molar refractivity (Wildman–Crippen MR) is 78.8 cm³/mol. The Hall–Kier alpha value is -2.18. The third-order valence-corrected chi connectivity index (χ3v) is 3.53. The van der Waals surface area contributed by atoms with E-state index in [1.807, 2.05) is 0 Å². The molecule has 1 amide bonds. The number of anilines is 1. The van der Waals surface area contributed by atoms with Gasteiger partial charge in [0.05, 0.1) is 4.92 Å². The van der Waals surface area contributed by atoms with Crippen LogP contribution in [0, 0.1) is 16.0 Å². The van der Waals surface area contributed by atoms with Crippen LogP contribution in [0.2, 0.25) is 0 Å². The van der Waals surface area contributed by atoms with E-state index in [9.17, 15) is 14.9 Å². The number of hydrogen-bond donors (Lipinski definition) is 1. The van der Waals surface area contributed by atoms with Gasteiger partial charge in [-0.1, -0.05) is 13.8 Å². The first-order valence-corrected chi connectivity index (χ1v) is 7.11. The van der Waals surface area contributed by atoms with Gasteiger partial charge in [0.15, 0.2) is 0 Å². The molecule has 1 heterocycles. The summed E-state index contributed by atoms with van der Waals surface area (Å²) in [4.78, 5) is 28.6. The number of nitrogen functional groups attached to an aromatic ring is 1. The average Bonchev–Trinajstić information content (AvgIpc) is 3.22. The van der Waals surface area contributed by atoms with E-state index >= 15 is 0 Å². The SMILES string of the molecule is CC(C)CCN(C(=O)c1cc(N)ncc1[N+](=O)[O-])C1CC1. The van der Waals surface area contributed by atoms with Gasteiger partial charge >= 0.3 is 0 Å². The Balaban J connectivity index is 2.27. The highest BCUT2D eigenvalue weighted by atomic mass is 16.6. The van der Waals surface area contributed by atoms with Gasteiger partial charge in [0.2, 0.25) is 0 Å². The van der Waals surface area contributed by atoms with Crippen molar-refractivity contribution in [1.29, 1.82) is 0 Å². The fourth-order valence-electron chi connectivity index (χ4n) is 2.17. The zero-order chi connectivity index (χ0) is 15.6. The third-order valence-electron chi connectivity index (χ3n) is 3.53. The fraction of sp³-hybridized carbons (Fsp3) is 0.571. The molecular weight excluding hydrogens is 272 g/mol. The Bertz CT molecular complexity index is 555. The van der Waals surface area contributed by atoms with Crippen molar-refractivity contribution in [2.24, 2.45) is 5.92 Å². The van der Waals surface area contributed by atoms with Gasteiger partial charge < -0.3 is 10.6 Å². The van der Waals surface area contributed by atoms with Crippen molar-refractivity contribution >= 4 is 17.4 Å². The summed E-state index contributed by atoms with van der Waals surface area (Å²) in [6.07, 6.45) is 3.84. The molecule has 114 valence electrons. The van der Waals surface area contributed by atoms with E-state index < -0.39 is 4.92 Å². The van der Waals surface area contributed by atoms with Crippen LogP contribution in [0.3, 0.4) is 0 Å². The maximum Gasteiger partial charge on any atom is 0.300 e. The lowest BCUT2D eigenvalue weighted by Gasteiger charge is -2.23. The van der Waals surface area contributed by atoms with E-state index in [4.69, 9.17) is 5.73 Å². The minimum Gasteiger partial charge on any atom is -0.384 e. The second-order valence-electron chi connectivity index (χ2n) is 5.80. The Labute approximate surface area is 123 Å². The van der Waals surface area contributed by atoms with Crippen LogP contribution in [0.4, 0.5) is 11.5 Å². The largest absolute Gasteiger partial charge is 0.384 e. The quantitative estimate of drug-likeness (QED) is 0.639. The van der Waals surface area contributed by atoms with Crippen LogP contribution in [-0.4, -0.2) is 33.3 Å². The first kappa shape index (κ1) is 15.2. The number of hydrogen-bond acceptors (Lipinski definition) is 5. The van der Waals surface area contributed by atoms with Gasteiger partial charge in [-0.15, -0.1) is 0 Å². The standard InChI is InChI=1S/C14H20N4O3/c1-9(2)5-6-17(10-3-4-10)14(19)11-7-13(15)16-8-12(11)18(20)21/h7-10H,3-6H2,1-2H3,(H2,15,16). The number of rotatable bonds is 6. The molecule has 21 heavy (non-hydrogen) atoms. The van der Waals surface area contributed by atoms with Gasteiger partial charge in [-0.25, -0.2) is 4.98 Å². The molecule has 0 aromatic carbocycles. The van der Waals surface area contributed by atoms with Crippen LogP contribution in [0.15, 0.2) is 12.3 Å². The Morgan fingerprint density at radius 1 is 1.57 bits per heavy atom. The Kier molecular flexibility index (Phi) is 4.40. The number of nitro groups is 1. The molecule has 2 N–H and O–H groups in total. The first-order chi connectivity index (χ1) is 9.90. The molecule has 2 rings (SSSR count). The molecule has 7 nitrogen and oxygen atoms in total. The second-order valence-corrected chi connectivity index (χ2v) is 5.80. The summed E-state index contributed by atoms with van der Waals surface area (Å²) in [5, 5.41) is 11.1. The summed E-state index contributed by atoms with van der Waals surface area (Å²) in [6, 6.07) is 1.50. The van der Waals surface area contributed by atoms with Crippen molar-refractivity contribution in [1.82, 2.24) is 9.88 Å². The molecule has 0 radical (unpaired) electrons. The normalized spacial score (nSPS) is 14.2. The number of pyridine rings is 1. The number of nitrogens with zero attached hydrogens (tertiary/aromatic N) is 3. The molecule has 7 heteroatoms. The van der Waals surface area contributed by atoms with Crippen LogP contribution in [0.5, 0.6) is 0 Å². The summed E-state index contributed by atoms with van der Waals surface area (Å²) in [6.45, 7) is 4.78. The molecular formula is C14H20N4O3. The predicted octanol–water partition coefficient (Wildman–Crippen LogP) is 2.22. The molecule has 0 saturated heterocycles. The molecule has 0 aliphatic heterocycles. The topological polar surface area (TPSA) is 102 Å². The summed E-state index contributed by atoms with van der Waals surface area (Å²) >= 11 is 0. The monoisotopic (exact) mass is 292 g/mol. The summed E-state index contributed by atoms with van der Waals surface area (Å²) in [5.74, 6) is 0.263. The number of aromatic nitrogens is 1. The van der Waals surface area contributed by atoms with Crippen LogP contribution >= 0.6 is 0 Å². The molecule has 1 saturated carbocycles. The van der Waals surface area contributed by atoms with Crippen LogP contribution in [0.25, 0.3) is 0 Å². The number of carbonyl (C=O) groups is 1. The molecule has 0 unspecified atom stereocenters. The minimum atomic E-state index is -0.590. The van der Waals surface area contributed by atoms with Gasteiger partial charge in [-0.2, -0.15) is 0 Å². The zero-order valence-corrected chi connectivity index (χ0v) is 12.3. The van der Waals surface area contributed by atoms with E-state index in [1.165, 1.54) is 6.07 Å². The maximum atomic E-state index is 12.7. The van der Waals surface area contributed by atoms with Gasteiger partial charge in [0.1, 0.15) is 17.6 Å². The second kappa shape index (κ2) is 6.07. The lowest BCUT2D eigenvalue weighted by molar-refractivity contribution is -0.385. The number of amides is 1. The van der Waals surface area contributed by atoms with E-state index in [0.29, 0.717) is 12.5 Å².